The number of rotatable bonds is 2. The van der Waals surface area contributed by atoms with Crippen molar-refractivity contribution in [2.75, 3.05) is 0 Å². The van der Waals surface area contributed by atoms with Crippen LogP contribution < -0.4 is 0 Å². The van der Waals surface area contributed by atoms with Gasteiger partial charge in [-0.05, 0) is 30.6 Å². The van der Waals surface area contributed by atoms with Gasteiger partial charge in [0.1, 0.15) is 0 Å². The van der Waals surface area contributed by atoms with Gasteiger partial charge in [0.2, 0.25) is 0 Å². The maximum atomic E-state index is 8.79. The van der Waals surface area contributed by atoms with Gasteiger partial charge < -0.3 is 0 Å². The fraction of sp³-hybridized carbons (Fsp3) is 1.00. The first-order chi connectivity index (χ1) is 5.63. The summed E-state index contributed by atoms with van der Waals surface area (Å²) in [5.74, 6) is 2.20. The highest BCUT2D eigenvalue weighted by Crippen LogP contribution is 2.70. The Labute approximate surface area is 73.8 Å². The number of hydrogen-bond donors (Lipinski definition) is 1. The summed E-state index contributed by atoms with van der Waals surface area (Å²) >= 11 is 0. The summed E-state index contributed by atoms with van der Waals surface area (Å²) in [6, 6.07) is 0. The first-order valence-corrected chi connectivity index (χ1v) is 4.93. The second kappa shape index (κ2) is 2.46. The van der Waals surface area contributed by atoms with E-state index in [0.29, 0.717) is 11.3 Å². The van der Waals surface area contributed by atoms with Crippen LogP contribution in [0.1, 0.15) is 33.6 Å². The monoisotopic (exact) mass is 170 g/mol. The zero-order valence-electron chi connectivity index (χ0n) is 8.08. The zero-order chi connectivity index (χ0) is 8.93. The van der Waals surface area contributed by atoms with E-state index in [-0.39, 0.29) is 6.10 Å². The average Bonchev–Trinajstić information content (AvgIpc) is 2.70. The lowest BCUT2D eigenvalue weighted by molar-refractivity contribution is -0.295. The minimum Gasteiger partial charge on any atom is -0.252 e. The Kier molecular flexibility index (Phi) is 1.74. The molecule has 0 aliphatic heterocycles. The molecule has 0 saturated heterocycles. The van der Waals surface area contributed by atoms with Crippen molar-refractivity contribution in [3.63, 3.8) is 0 Å². The normalized spacial score (nSPS) is 51.2. The van der Waals surface area contributed by atoms with E-state index in [1.54, 1.807) is 0 Å². The van der Waals surface area contributed by atoms with E-state index in [9.17, 15) is 0 Å². The topological polar surface area (TPSA) is 29.5 Å². The van der Waals surface area contributed by atoms with Crippen molar-refractivity contribution in [3.05, 3.63) is 0 Å². The van der Waals surface area contributed by atoms with Crippen molar-refractivity contribution < 1.29 is 10.1 Å². The van der Waals surface area contributed by atoms with Crippen LogP contribution in [-0.2, 0) is 4.89 Å². The summed E-state index contributed by atoms with van der Waals surface area (Å²) in [6.45, 7) is 6.75. The molecule has 0 bridgehead atoms. The molecule has 2 saturated carbocycles. The van der Waals surface area contributed by atoms with Crippen LogP contribution in [0.3, 0.4) is 0 Å². The van der Waals surface area contributed by atoms with Crippen LogP contribution in [0.5, 0.6) is 0 Å². The van der Waals surface area contributed by atoms with Crippen molar-refractivity contribution in [1.29, 1.82) is 0 Å². The lowest BCUT2D eigenvalue weighted by Crippen LogP contribution is -2.26. The summed E-state index contributed by atoms with van der Waals surface area (Å²) < 4.78 is 0. The summed E-state index contributed by atoms with van der Waals surface area (Å²) in [5.41, 5.74) is 0.328. The highest BCUT2D eigenvalue weighted by Gasteiger charge is 2.67. The Morgan fingerprint density at radius 3 is 2.50 bits per heavy atom. The molecule has 1 N–H and O–H groups in total. The van der Waals surface area contributed by atoms with Gasteiger partial charge in [-0.1, -0.05) is 20.8 Å². The molecule has 0 amide bonds. The van der Waals surface area contributed by atoms with Gasteiger partial charge >= 0.3 is 0 Å². The molecule has 0 aromatic heterocycles. The highest BCUT2D eigenvalue weighted by molar-refractivity contribution is 5.15. The van der Waals surface area contributed by atoms with Gasteiger partial charge in [-0.3, -0.25) is 5.26 Å². The standard InChI is InChI=1S/C10H18O2/c1-6(2)10-5-8(10)7(3)4-9(10)12-11/h6-9,11H,4-5H2,1-3H3. The van der Waals surface area contributed by atoms with Crippen molar-refractivity contribution in [3.8, 4) is 0 Å². The summed E-state index contributed by atoms with van der Waals surface area (Å²) in [7, 11) is 0. The second-order valence-electron chi connectivity index (χ2n) is 4.88. The predicted octanol–water partition coefficient (Wildman–Crippen LogP) is 2.55. The minimum absolute atomic E-state index is 0.109. The van der Waals surface area contributed by atoms with Crippen LogP contribution in [0.2, 0.25) is 0 Å². The third kappa shape index (κ3) is 0.826. The van der Waals surface area contributed by atoms with E-state index in [1.807, 2.05) is 0 Å². The van der Waals surface area contributed by atoms with E-state index >= 15 is 0 Å². The average molecular weight is 170 g/mol. The fourth-order valence-corrected chi connectivity index (χ4v) is 3.32. The minimum atomic E-state index is 0.109. The van der Waals surface area contributed by atoms with Crippen molar-refractivity contribution >= 4 is 0 Å². The molecule has 4 unspecified atom stereocenters. The lowest BCUT2D eigenvalue weighted by Gasteiger charge is -2.23. The van der Waals surface area contributed by atoms with E-state index in [4.69, 9.17) is 5.26 Å². The van der Waals surface area contributed by atoms with Crippen LogP contribution in [0, 0.1) is 23.2 Å². The molecule has 2 rings (SSSR count). The molecule has 2 heteroatoms. The first kappa shape index (κ1) is 8.52. The molecule has 0 aromatic rings. The maximum Gasteiger partial charge on any atom is 0.0991 e. The molecule has 2 fully saturated rings. The molecule has 4 atom stereocenters. The summed E-state index contributed by atoms with van der Waals surface area (Å²) in [6.07, 6.45) is 2.41. The van der Waals surface area contributed by atoms with Crippen molar-refractivity contribution in [2.45, 2.75) is 39.7 Å². The Hall–Kier alpha value is -0.0800. The molecule has 2 nitrogen and oxygen atoms in total. The molecule has 12 heavy (non-hydrogen) atoms. The Balaban J connectivity index is 2.17. The highest BCUT2D eigenvalue weighted by atomic mass is 17.1. The molecule has 2 aliphatic rings. The second-order valence-corrected chi connectivity index (χ2v) is 4.88. The smallest absolute Gasteiger partial charge is 0.0991 e. The molecular weight excluding hydrogens is 152 g/mol. The van der Waals surface area contributed by atoms with Crippen LogP contribution >= 0.6 is 0 Å². The lowest BCUT2D eigenvalue weighted by atomic mass is 9.88. The Bertz CT molecular complexity index is 190. The third-order valence-electron chi connectivity index (χ3n) is 4.18. The predicted molar refractivity (Wildman–Crippen MR) is 46.7 cm³/mol. The van der Waals surface area contributed by atoms with E-state index in [0.717, 1.165) is 18.3 Å². The van der Waals surface area contributed by atoms with Gasteiger partial charge in [0.15, 0.2) is 0 Å². The third-order valence-corrected chi connectivity index (χ3v) is 4.18. The van der Waals surface area contributed by atoms with Crippen LogP contribution in [0.4, 0.5) is 0 Å². The van der Waals surface area contributed by atoms with E-state index < -0.39 is 0 Å². The summed E-state index contributed by atoms with van der Waals surface area (Å²) in [4.78, 5) is 4.60. The molecule has 2 aliphatic carbocycles. The van der Waals surface area contributed by atoms with E-state index in [2.05, 4.69) is 25.7 Å². The molecule has 70 valence electrons. The Morgan fingerprint density at radius 2 is 2.17 bits per heavy atom. The van der Waals surface area contributed by atoms with Crippen molar-refractivity contribution in [2.24, 2.45) is 23.2 Å². The SMILES string of the molecule is CC1CC(OO)C2(C(C)C)CC12. The quantitative estimate of drug-likeness (QED) is 0.509. The van der Waals surface area contributed by atoms with Crippen LogP contribution in [0.15, 0.2) is 0 Å². The van der Waals surface area contributed by atoms with Crippen LogP contribution in [-0.4, -0.2) is 11.4 Å². The Morgan fingerprint density at radius 1 is 1.50 bits per heavy atom. The largest absolute Gasteiger partial charge is 0.252 e. The van der Waals surface area contributed by atoms with Crippen molar-refractivity contribution in [1.82, 2.24) is 0 Å². The van der Waals surface area contributed by atoms with Gasteiger partial charge in [-0.25, -0.2) is 4.89 Å². The first-order valence-electron chi connectivity index (χ1n) is 4.93. The van der Waals surface area contributed by atoms with Crippen LogP contribution in [0.25, 0.3) is 0 Å². The molecule has 0 spiro atoms. The van der Waals surface area contributed by atoms with E-state index in [1.165, 1.54) is 6.42 Å². The van der Waals surface area contributed by atoms with Gasteiger partial charge in [-0.15, -0.1) is 0 Å². The number of fused-ring (bicyclic) bond motifs is 1. The molecule has 0 heterocycles. The molecular formula is C10H18O2. The van der Waals surface area contributed by atoms with Gasteiger partial charge in [0.25, 0.3) is 0 Å². The summed E-state index contributed by atoms with van der Waals surface area (Å²) in [5, 5.41) is 8.79. The molecule has 0 radical (unpaired) electrons. The zero-order valence-corrected chi connectivity index (χ0v) is 8.08. The molecule has 0 aromatic carbocycles. The maximum absolute atomic E-state index is 8.79. The fourth-order valence-electron chi connectivity index (χ4n) is 3.32. The van der Waals surface area contributed by atoms with Gasteiger partial charge in [-0.2, -0.15) is 0 Å². The van der Waals surface area contributed by atoms with Gasteiger partial charge in [0, 0.05) is 5.41 Å². The van der Waals surface area contributed by atoms with Gasteiger partial charge in [0.05, 0.1) is 6.10 Å². The number of hydrogen-bond acceptors (Lipinski definition) is 2.